The van der Waals surface area contributed by atoms with Crippen molar-refractivity contribution in [1.82, 2.24) is 48.5 Å². The second kappa shape index (κ2) is 19.0. The van der Waals surface area contributed by atoms with Gasteiger partial charge in [-0.05, 0) is 95.0 Å². The molecule has 318 valence electrons. The van der Waals surface area contributed by atoms with Gasteiger partial charge in [-0.1, -0.05) is 18.6 Å². The van der Waals surface area contributed by atoms with Gasteiger partial charge in [0.15, 0.2) is 11.9 Å². The Morgan fingerprint density at radius 1 is 0.900 bits per heavy atom. The van der Waals surface area contributed by atoms with Crippen molar-refractivity contribution in [3.8, 4) is 0 Å². The molecule has 6 heterocycles. The van der Waals surface area contributed by atoms with Crippen LogP contribution in [0.5, 0.6) is 0 Å². The van der Waals surface area contributed by atoms with E-state index in [4.69, 9.17) is 26.2 Å². The van der Waals surface area contributed by atoms with Crippen molar-refractivity contribution in [1.29, 1.82) is 0 Å². The summed E-state index contributed by atoms with van der Waals surface area (Å²) in [6, 6.07) is 9.03. The molecule has 1 unspecified atom stereocenters. The van der Waals surface area contributed by atoms with Crippen molar-refractivity contribution >= 4 is 45.9 Å². The summed E-state index contributed by atoms with van der Waals surface area (Å²) in [6.07, 6.45) is 8.24. The zero-order valence-corrected chi connectivity index (χ0v) is 34.9. The number of morpholine rings is 1. The molecule has 1 saturated heterocycles. The number of allylic oxidation sites excluding steroid dienone is 2. The number of nitrogens with one attached hydrogen (secondary N) is 2. The Bertz CT molecular complexity index is 2490. The molecule has 0 aliphatic carbocycles. The fraction of sp³-hybridized carbons (Fsp3) is 0.452. The van der Waals surface area contributed by atoms with E-state index in [0.717, 1.165) is 80.1 Å². The van der Waals surface area contributed by atoms with E-state index in [1.807, 2.05) is 67.2 Å². The number of ether oxygens (including phenoxy) is 1. The fourth-order valence-electron chi connectivity index (χ4n) is 7.79. The monoisotopic (exact) mass is 820 g/mol. The average molecular weight is 821 g/mol. The van der Waals surface area contributed by atoms with E-state index in [1.165, 1.54) is 0 Å². The Kier molecular flexibility index (Phi) is 13.3. The summed E-state index contributed by atoms with van der Waals surface area (Å²) in [5.74, 6) is -0.119. The van der Waals surface area contributed by atoms with Crippen LogP contribution in [0.4, 0.5) is 11.9 Å². The van der Waals surface area contributed by atoms with Gasteiger partial charge >= 0.3 is 0 Å². The third-order valence-corrected chi connectivity index (χ3v) is 10.8. The number of nitrogens with zero attached hydrogens (tertiary/aromatic N) is 10. The third kappa shape index (κ3) is 9.41. The maximum absolute atomic E-state index is 13.6. The molecule has 1 aromatic carbocycles. The molecule has 6 aromatic rings. The van der Waals surface area contributed by atoms with Crippen molar-refractivity contribution in [3.05, 3.63) is 88.1 Å². The highest BCUT2D eigenvalue weighted by Crippen LogP contribution is 2.29. The zero-order valence-electron chi connectivity index (χ0n) is 34.9. The predicted octanol–water partition coefficient (Wildman–Crippen LogP) is 4.04. The van der Waals surface area contributed by atoms with Crippen LogP contribution in [0, 0.1) is 13.8 Å². The largest absolute Gasteiger partial charge is 0.379 e. The van der Waals surface area contributed by atoms with E-state index in [0.29, 0.717) is 84.7 Å². The van der Waals surface area contributed by atoms with Crippen molar-refractivity contribution < 1.29 is 19.4 Å². The van der Waals surface area contributed by atoms with Crippen LogP contribution in [-0.2, 0) is 43.9 Å². The van der Waals surface area contributed by atoms with Crippen molar-refractivity contribution in [2.24, 2.45) is 11.5 Å². The van der Waals surface area contributed by atoms with Gasteiger partial charge in [-0.3, -0.25) is 33.7 Å². The number of fused-ring (bicyclic) bond motifs is 2. The lowest BCUT2D eigenvalue weighted by molar-refractivity contribution is 0.0371. The third-order valence-electron chi connectivity index (χ3n) is 10.8. The van der Waals surface area contributed by atoms with E-state index >= 15 is 0 Å². The number of aryl methyl sites for hydroxylation is 5. The van der Waals surface area contributed by atoms with Gasteiger partial charge in [0.05, 0.1) is 41.3 Å². The highest BCUT2D eigenvalue weighted by atomic mass is 16.5. The second-order valence-electron chi connectivity index (χ2n) is 15.1. The number of rotatable bonds is 19. The minimum atomic E-state index is -1.12. The number of unbranched alkanes of at least 4 members (excludes halogenated alkanes) is 2. The first-order valence-corrected chi connectivity index (χ1v) is 20.7. The molecule has 18 heteroatoms. The maximum atomic E-state index is 13.6. The summed E-state index contributed by atoms with van der Waals surface area (Å²) in [5, 5.41) is 26.7. The molecule has 7 N–H and O–H groups in total. The van der Waals surface area contributed by atoms with Crippen molar-refractivity contribution in [2.75, 3.05) is 43.5 Å². The number of carbonyl (C=O) groups excluding carboxylic acids is 2. The number of aliphatic hydroxyl groups excluding tert-OH is 1. The minimum absolute atomic E-state index is 0.300. The first kappa shape index (κ1) is 42.2. The molecule has 0 radical (unpaired) electrons. The summed E-state index contributed by atoms with van der Waals surface area (Å²) in [7, 11) is 0. The summed E-state index contributed by atoms with van der Waals surface area (Å²) in [6.45, 7) is 14.2. The number of hydrogen-bond donors (Lipinski definition) is 5. The number of carbonyl (C=O) groups is 2. The molecule has 0 bridgehead atoms. The lowest BCUT2D eigenvalue weighted by atomic mass is 10.0. The number of aromatic nitrogens is 9. The van der Waals surface area contributed by atoms with Crippen molar-refractivity contribution in [3.63, 3.8) is 0 Å². The van der Waals surface area contributed by atoms with Gasteiger partial charge in [0.2, 0.25) is 17.8 Å². The van der Waals surface area contributed by atoms with Crippen LogP contribution in [-0.4, -0.2) is 98.3 Å². The molecule has 18 nitrogen and oxygen atoms in total. The standard InChI is InChI=1S/C42H56N14O4/c1-5-55-34(20-27(3)50-55)39(58)48-41-46-32-24-31(37(44)57)23-30(12-8-7-9-13-52-16-18-60-19-17-52)36(32)53(41)14-10-11-15-54-38-33(22-29(25-43)26-45-38)47-42(54)49-40(59)35-21-28(4)51-56(35)6-2/h10-11,20-24,26,39,58H,5-9,12-19,25,43H2,1-4H3,(H2,44,57)(H,46,48)(H,47,49,59)/b11-10+. The van der Waals surface area contributed by atoms with Crippen LogP contribution in [0.1, 0.15) is 88.4 Å². The summed E-state index contributed by atoms with van der Waals surface area (Å²) in [4.78, 5) is 42.9. The maximum Gasteiger partial charge on any atom is 0.276 e. The average Bonchev–Trinajstić information content (AvgIpc) is 4.01. The number of benzene rings is 1. The molecule has 0 spiro atoms. The Morgan fingerprint density at radius 2 is 1.62 bits per heavy atom. The fourth-order valence-corrected chi connectivity index (χ4v) is 7.79. The quantitative estimate of drug-likeness (QED) is 0.0443. The van der Waals surface area contributed by atoms with Gasteiger partial charge < -0.3 is 31.2 Å². The van der Waals surface area contributed by atoms with Gasteiger partial charge in [-0.15, -0.1) is 0 Å². The van der Waals surface area contributed by atoms with Crippen LogP contribution >= 0.6 is 0 Å². The second-order valence-corrected chi connectivity index (χ2v) is 15.1. The number of nitrogens with two attached hydrogens (primary N) is 2. The Labute approximate surface area is 348 Å². The van der Waals surface area contributed by atoms with Crippen LogP contribution in [0.2, 0.25) is 0 Å². The summed E-state index contributed by atoms with van der Waals surface area (Å²) >= 11 is 0. The van der Waals surface area contributed by atoms with E-state index in [2.05, 4.69) is 30.7 Å². The number of primary amides is 1. The molecular weight excluding hydrogens is 765 g/mol. The van der Waals surface area contributed by atoms with Gasteiger partial charge in [0, 0.05) is 57.6 Å². The van der Waals surface area contributed by atoms with Crippen LogP contribution in [0.25, 0.3) is 22.2 Å². The molecule has 1 aliphatic heterocycles. The Morgan fingerprint density at radius 3 is 2.35 bits per heavy atom. The molecule has 1 aliphatic rings. The molecular formula is C42H56N14O4. The van der Waals surface area contributed by atoms with Crippen LogP contribution in [0.15, 0.2) is 48.7 Å². The smallest absolute Gasteiger partial charge is 0.276 e. The van der Waals surface area contributed by atoms with Crippen molar-refractivity contribution in [2.45, 2.75) is 92.3 Å². The molecule has 7 rings (SSSR count). The lowest BCUT2D eigenvalue weighted by Crippen LogP contribution is -2.36. The molecule has 0 saturated carbocycles. The van der Waals surface area contributed by atoms with E-state index in [9.17, 15) is 14.7 Å². The number of anilines is 2. The first-order chi connectivity index (χ1) is 29.1. The summed E-state index contributed by atoms with van der Waals surface area (Å²) < 4.78 is 12.8. The summed E-state index contributed by atoms with van der Waals surface area (Å²) in [5.41, 5.74) is 19.1. The molecule has 1 atom stereocenters. The Hall–Kier alpha value is -5.95. The number of hydrogen-bond acceptors (Lipinski definition) is 12. The number of pyridine rings is 1. The predicted molar refractivity (Wildman–Crippen MR) is 229 cm³/mol. The highest BCUT2D eigenvalue weighted by molar-refractivity contribution is 6.03. The van der Waals surface area contributed by atoms with Gasteiger partial charge in [0.1, 0.15) is 11.2 Å². The SMILES string of the molecule is CCn1nc(C)cc1C(=O)Nc1nc2cc(CN)cnc2n1C/C=C/Cn1c(NC(O)c2cc(C)nn2CC)nc2cc(C(N)=O)cc(CCCCCN3CCOCC3)c21. The zero-order chi connectivity index (χ0) is 42.3. The molecule has 1 fully saturated rings. The van der Waals surface area contributed by atoms with Gasteiger partial charge in [-0.2, -0.15) is 10.2 Å². The molecule has 5 aromatic heterocycles. The van der Waals surface area contributed by atoms with E-state index in [-0.39, 0.29) is 5.91 Å². The topological polar surface area (TPSA) is 227 Å². The number of aliphatic hydroxyl groups is 1. The van der Waals surface area contributed by atoms with Gasteiger partial charge in [0.25, 0.3) is 5.91 Å². The highest BCUT2D eigenvalue weighted by Gasteiger charge is 2.22. The van der Waals surface area contributed by atoms with E-state index in [1.54, 1.807) is 27.7 Å². The lowest BCUT2D eigenvalue weighted by Gasteiger charge is -2.26. The normalized spacial score (nSPS) is 14.2. The van der Waals surface area contributed by atoms with Crippen LogP contribution < -0.4 is 22.1 Å². The van der Waals surface area contributed by atoms with Crippen LogP contribution in [0.3, 0.4) is 0 Å². The number of amides is 2. The number of imidazole rings is 2. The van der Waals surface area contributed by atoms with E-state index < -0.39 is 12.1 Å². The molecule has 2 amide bonds. The Balaban J connectivity index is 1.20. The first-order valence-electron chi connectivity index (χ1n) is 20.7. The van der Waals surface area contributed by atoms with Gasteiger partial charge in [-0.25, -0.2) is 15.0 Å². The minimum Gasteiger partial charge on any atom is -0.379 e. The molecule has 60 heavy (non-hydrogen) atoms.